The fourth-order valence-corrected chi connectivity index (χ4v) is 3.52. The van der Waals surface area contributed by atoms with Gasteiger partial charge in [0.25, 0.3) is 0 Å². The molecule has 1 aliphatic carbocycles. The highest BCUT2D eigenvalue weighted by atomic mass is 35.5. The first-order valence-corrected chi connectivity index (χ1v) is 7.81. The molecule has 21 heavy (non-hydrogen) atoms. The first-order chi connectivity index (χ1) is 9.57. The maximum absolute atomic E-state index is 12.7. The van der Waals surface area contributed by atoms with Gasteiger partial charge in [0.1, 0.15) is 0 Å². The molecule has 0 radical (unpaired) electrons. The van der Waals surface area contributed by atoms with E-state index in [1.165, 1.54) is 0 Å². The second kappa shape index (κ2) is 7.99. The summed E-state index contributed by atoms with van der Waals surface area (Å²) in [6.07, 6.45) is 6.12. The lowest BCUT2D eigenvalue weighted by Gasteiger charge is -2.38. The molecule has 0 unspecified atom stereocenters. The van der Waals surface area contributed by atoms with Gasteiger partial charge in [-0.3, -0.25) is 9.59 Å². The van der Waals surface area contributed by atoms with Crippen molar-refractivity contribution < 1.29 is 9.59 Å². The molecule has 0 atom stereocenters. The van der Waals surface area contributed by atoms with Gasteiger partial charge >= 0.3 is 0 Å². The highest BCUT2D eigenvalue weighted by molar-refractivity contribution is 5.85. The van der Waals surface area contributed by atoms with Crippen molar-refractivity contribution in [1.82, 2.24) is 10.2 Å². The van der Waals surface area contributed by atoms with Crippen LogP contribution in [0.5, 0.6) is 0 Å². The van der Waals surface area contributed by atoms with Crippen molar-refractivity contribution in [2.45, 2.75) is 45.4 Å². The fraction of sp³-hybridized carbons (Fsp3) is 0.867. The Morgan fingerprint density at radius 3 is 2.29 bits per heavy atom. The molecule has 0 aromatic carbocycles. The molecule has 2 rings (SSSR count). The van der Waals surface area contributed by atoms with E-state index in [9.17, 15) is 9.59 Å². The van der Waals surface area contributed by atoms with E-state index in [-0.39, 0.29) is 29.6 Å². The van der Waals surface area contributed by atoms with E-state index in [2.05, 4.69) is 5.32 Å². The number of nitrogens with zero attached hydrogens (tertiary/aromatic N) is 1. The first-order valence-electron chi connectivity index (χ1n) is 7.81. The lowest BCUT2D eigenvalue weighted by Crippen LogP contribution is -2.50. The average molecular weight is 318 g/mol. The largest absolute Gasteiger partial charge is 0.356 e. The number of hydrogen-bond donors (Lipinski definition) is 2. The summed E-state index contributed by atoms with van der Waals surface area (Å²) in [6, 6.07) is 0. The molecular weight excluding hydrogens is 290 g/mol. The van der Waals surface area contributed by atoms with Crippen LogP contribution in [0.4, 0.5) is 0 Å². The van der Waals surface area contributed by atoms with Crippen molar-refractivity contribution in [3.63, 3.8) is 0 Å². The van der Waals surface area contributed by atoms with Gasteiger partial charge in [-0.15, -0.1) is 12.4 Å². The number of halogens is 1. The molecule has 2 aliphatic rings. The van der Waals surface area contributed by atoms with Crippen LogP contribution in [0.15, 0.2) is 0 Å². The smallest absolute Gasteiger partial charge is 0.230 e. The molecule has 1 heterocycles. The van der Waals surface area contributed by atoms with Gasteiger partial charge in [-0.2, -0.15) is 0 Å². The van der Waals surface area contributed by atoms with Crippen LogP contribution in [0, 0.1) is 11.3 Å². The minimum Gasteiger partial charge on any atom is -0.356 e. The number of piperidine rings is 1. The number of carbonyl (C=O) groups excluding carboxylic acids is 2. The van der Waals surface area contributed by atoms with Gasteiger partial charge in [0.15, 0.2) is 0 Å². The third-order valence-electron chi connectivity index (χ3n) is 4.95. The Hall–Kier alpha value is -0.810. The van der Waals surface area contributed by atoms with Gasteiger partial charge < -0.3 is 16.0 Å². The predicted octanol–water partition coefficient (Wildman–Crippen LogP) is 1.30. The Labute approximate surface area is 133 Å². The van der Waals surface area contributed by atoms with Gasteiger partial charge in [-0.05, 0) is 31.6 Å². The third-order valence-corrected chi connectivity index (χ3v) is 4.95. The summed E-state index contributed by atoms with van der Waals surface area (Å²) in [5.74, 6) is 0.798. The topological polar surface area (TPSA) is 75.4 Å². The normalized spacial score (nSPS) is 21.7. The van der Waals surface area contributed by atoms with E-state index in [4.69, 9.17) is 5.73 Å². The fourth-order valence-electron chi connectivity index (χ4n) is 3.52. The molecule has 1 aliphatic heterocycles. The van der Waals surface area contributed by atoms with Crippen LogP contribution in [0.3, 0.4) is 0 Å². The zero-order chi connectivity index (χ0) is 14.6. The molecular formula is C15H28ClN3O2. The highest BCUT2D eigenvalue weighted by Crippen LogP contribution is 2.39. The van der Waals surface area contributed by atoms with Gasteiger partial charge in [-0.25, -0.2) is 0 Å². The van der Waals surface area contributed by atoms with Crippen molar-refractivity contribution >= 4 is 24.2 Å². The second-order valence-corrected chi connectivity index (χ2v) is 6.36. The minimum atomic E-state index is -0.273. The Morgan fingerprint density at radius 2 is 1.81 bits per heavy atom. The molecule has 1 saturated heterocycles. The summed E-state index contributed by atoms with van der Waals surface area (Å²) in [4.78, 5) is 25.6. The number of hydrogen-bond acceptors (Lipinski definition) is 3. The number of amides is 2. The van der Waals surface area contributed by atoms with E-state index >= 15 is 0 Å². The van der Waals surface area contributed by atoms with E-state index in [0.29, 0.717) is 12.5 Å². The summed E-state index contributed by atoms with van der Waals surface area (Å²) >= 11 is 0. The van der Waals surface area contributed by atoms with Crippen LogP contribution in [0.1, 0.15) is 45.4 Å². The Bertz CT molecular complexity index is 362. The molecule has 1 saturated carbocycles. The maximum Gasteiger partial charge on any atom is 0.230 e. The molecule has 3 N–H and O–H groups in total. The first kappa shape index (κ1) is 18.2. The van der Waals surface area contributed by atoms with E-state index < -0.39 is 0 Å². The van der Waals surface area contributed by atoms with E-state index in [1.54, 1.807) is 6.92 Å². The molecule has 0 spiro atoms. The number of likely N-dealkylation sites (tertiary alicyclic amines) is 1. The molecule has 122 valence electrons. The number of nitrogens with two attached hydrogens (primary N) is 1. The lowest BCUT2D eigenvalue weighted by atomic mass is 9.83. The number of rotatable bonds is 4. The highest BCUT2D eigenvalue weighted by Gasteiger charge is 2.42. The van der Waals surface area contributed by atoms with Gasteiger partial charge in [0, 0.05) is 33.1 Å². The number of nitrogens with one attached hydrogen (secondary N) is 1. The van der Waals surface area contributed by atoms with Crippen LogP contribution < -0.4 is 11.1 Å². The van der Waals surface area contributed by atoms with Crippen molar-refractivity contribution in [1.29, 1.82) is 0 Å². The molecule has 0 aromatic heterocycles. The molecule has 5 nitrogen and oxygen atoms in total. The Kier molecular flexibility index (Phi) is 6.94. The van der Waals surface area contributed by atoms with Gasteiger partial charge in [-0.1, -0.05) is 12.8 Å². The zero-order valence-corrected chi connectivity index (χ0v) is 13.7. The second-order valence-electron chi connectivity index (χ2n) is 6.36. The van der Waals surface area contributed by atoms with Crippen LogP contribution in [0.25, 0.3) is 0 Å². The van der Waals surface area contributed by atoms with Crippen LogP contribution in [0.2, 0.25) is 0 Å². The quantitative estimate of drug-likeness (QED) is 0.820. The van der Waals surface area contributed by atoms with Crippen LogP contribution in [-0.2, 0) is 9.59 Å². The Balaban J connectivity index is 0.00000220. The summed E-state index contributed by atoms with van der Waals surface area (Å²) in [5, 5.41) is 2.87. The summed E-state index contributed by atoms with van der Waals surface area (Å²) < 4.78 is 0. The van der Waals surface area contributed by atoms with Crippen molar-refractivity contribution in [2.24, 2.45) is 17.1 Å². The third kappa shape index (κ3) is 4.33. The van der Waals surface area contributed by atoms with Gasteiger partial charge in [0.2, 0.25) is 11.8 Å². The van der Waals surface area contributed by atoms with Crippen molar-refractivity contribution in [3.8, 4) is 0 Å². The monoisotopic (exact) mass is 317 g/mol. The van der Waals surface area contributed by atoms with Gasteiger partial charge in [0.05, 0.1) is 5.41 Å². The Morgan fingerprint density at radius 1 is 1.24 bits per heavy atom. The maximum atomic E-state index is 12.7. The van der Waals surface area contributed by atoms with Crippen molar-refractivity contribution in [2.75, 3.05) is 26.2 Å². The lowest BCUT2D eigenvalue weighted by molar-refractivity contribution is -0.143. The molecule has 0 aromatic rings. The predicted molar refractivity (Wildman–Crippen MR) is 85.2 cm³/mol. The summed E-state index contributed by atoms with van der Waals surface area (Å²) in [6.45, 7) is 4.39. The van der Waals surface area contributed by atoms with E-state index in [1.807, 2.05) is 4.90 Å². The van der Waals surface area contributed by atoms with Crippen molar-refractivity contribution in [3.05, 3.63) is 0 Å². The van der Waals surface area contributed by atoms with E-state index in [0.717, 1.165) is 58.2 Å². The minimum absolute atomic E-state index is 0. The summed E-state index contributed by atoms with van der Waals surface area (Å²) in [7, 11) is 0. The molecule has 6 heteroatoms. The standard InChI is InChI=1S/C15H27N3O2.ClH/c1-12(19)17-10-13-4-8-18(9-5-13)14(20)15(11-16)6-2-3-7-15;/h13H,2-11,16H2,1H3,(H,17,19);1H. The molecule has 2 amide bonds. The molecule has 2 fully saturated rings. The zero-order valence-electron chi connectivity index (χ0n) is 12.9. The summed E-state index contributed by atoms with van der Waals surface area (Å²) in [5.41, 5.74) is 5.62. The molecule has 0 bridgehead atoms. The van der Waals surface area contributed by atoms with Crippen LogP contribution in [-0.4, -0.2) is 42.9 Å². The SMILES string of the molecule is CC(=O)NCC1CCN(C(=O)C2(CN)CCCC2)CC1.Cl. The average Bonchev–Trinajstić information content (AvgIpc) is 2.95. The number of carbonyl (C=O) groups is 2. The van der Waals surface area contributed by atoms with Crippen LogP contribution >= 0.6 is 12.4 Å².